The number of anilines is 1. The van der Waals surface area contributed by atoms with Crippen LogP contribution in [0, 0.1) is 5.82 Å². The third-order valence-electron chi connectivity index (χ3n) is 4.00. The Morgan fingerprint density at radius 3 is 2.43 bits per heavy atom. The molecule has 0 aliphatic carbocycles. The molecular weight excluding hydrogens is 297 g/mol. The van der Waals surface area contributed by atoms with Gasteiger partial charge in [0.2, 0.25) is 0 Å². The van der Waals surface area contributed by atoms with Crippen LogP contribution < -0.4 is 9.64 Å². The number of carbonyl (C=O) groups is 1. The van der Waals surface area contributed by atoms with Crippen LogP contribution in [0.5, 0.6) is 5.75 Å². The smallest absolute Gasteiger partial charge is 0.253 e. The van der Waals surface area contributed by atoms with Gasteiger partial charge in [0.05, 0.1) is 19.0 Å². The third-order valence-corrected chi connectivity index (χ3v) is 4.00. The third kappa shape index (κ3) is 3.26. The molecule has 3 rings (SSSR count). The molecule has 1 aromatic carbocycles. The molecular formula is C17H18FN3O2. The summed E-state index contributed by atoms with van der Waals surface area (Å²) in [7, 11) is 1.59. The summed E-state index contributed by atoms with van der Waals surface area (Å²) in [6.45, 7) is 2.32. The summed E-state index contributed by atoms with van der Waals surface area (Å²) in [6, 6.07) is 8.73. The number of ether oxygens (including phenoxy) is 1. The summed E-state index contributed by atoms with van der Waals surface area (Å²) in [6.07, 6.45) is 2.79. The number of amides is 1. The largest absolute Gasteiger partial charge is 0.497 e. The Balaban J connectivity index is 1.64. The number of methoxy groups -OCH3 is 1. The molecule has 1 aromatic heterocycles. The van der Waals surface area contributed by atoms with E-state index in [1.165, 1.54) is 6.20 Å². The van der Waals surface area contributed by atoms with Gasteiger partial charge in [0.25, 0.3) is 5.91 Å². The van der Waals surface area contributed by atoms with Crippen molar-refractivity contribution in [1.29, 1.82) is 0 Å². The first-order valence-electron chi connectivity index (χ1n) is 7.47. The van der Waals surface area contributed by atoms with Crippen LogP contribution in [-0.2, 0) is 0 Å². The molecule has 0 bridgehead atoms. The zero-order valence-electron chi connectivity index (χ0n) is 12.9. The van der Waals surface area contributed by atoms with E-state index in [0.29, 0.717) is 37.4 Å². The second kappa shape index (κ2) is 6.64. The van der Waals surface area contributed by atoms with Crippen molar-refractivity contribution in [3.05, 3.63) is 54.1 Å². The first-order valence-corrected chi connectivity index (χ1v) is 7.47. The van der Waals surface area contributed by atoms with Gasteiger partial charge in [0.1, 0.15) is 5.75 Å². The van der Waals surface area contributed by atoms with Crippen LogP contribution in [0.25, 0.3) is 0 Å². The maximum Gasteiger partial charge on any atom is 0.253 e. The van der Waals surface area contributed by atoms with E-state index in [-0.39, 0.29) is 11.7 Å². The molecule has 1 aliphatic rings. The Hall–Kier alpha value is -2.63. The highest BCUT2D eigenvalue weighted by molar-refractivity contribution is 5.94. The minimum Gasteiger partial charge on any atom is -0.497 e. The molecule has 1 amide bonds. The summed E-state index contributed by atoms with van der Waals surface area (Å²) >= 11 is 0. The normalized spacial score (nSPS) is 14.7. The molecule has 0 radical (unpaired) electrons. The van der Waals surface area contributed by atoms with E-state index in [2.05, 4.69) is 4.98 Å². The van der Waals surface area contributed by atoms with Gasteiger partial charge in [-0.05, 0) is 30.3 Å². The standard InChI is InChI=1S/C17H18FN3O2/c1-23-14-4-2-13(3-5-14)17(22)21-10-8-20(9-11-21)16-6-7-19-12-15(16)18/h2-7,12H,8-11H2,1H3. The van der Waals surface area contributed by atoms with Gasteiger partial charge in [-0.2, -0.15) is 0 Å². The van der Waals surface area contributed by atoms with Gasteiger partial charge in [-0.15, -0.1) is 0 Å². The van der Waals surface area contributed by atoms with Crippen LogP contribution >= 0.6 is 0 Å². The number of rotatable bonds is 3. The molecule has 1 saturated heterocycles. The van der Waals surface area contributed by atoms with Gasteiger partial charge in [-0.3, -0.25) is 9.78 Å². The van der Waals surface area contributed by atoms with E-state index in [9.17, 15) is 9.18 Å². The molecule has 0 unspecified atom stereocenters. The van der Waals surface area contributed by atoms with Crippen LogP contribution in [-0.4, -0.2) is 49.1 Å². The first kappa shape index (κ1) is 15.3. The topological polar surface area (TPSA) is 45.7 Å². The van der Waals surface area contributed by atoms with E-state index in [0.717, 1.165) is 5.75 Å². The Morgan fingerprint density at radius 2 is 1.83 bits per heavy atom. The second-order valence-corrected chi connectivity index (χ2v) is 5.33. The Labute approximate surface area is 134 Å². The molecule has 2 aromatic rings. The van der Waals surface area contributed by atoms with Gasteiger partial charge in [-0.1, -0.05) is 0 Å². The molecule has 1 fully saturated rings. The highest BCUT2D eigenvalue weighted by Gasteiger charge is 2.23. The lowest BCUT2D eigenvalue weighted by Crippen LogP contribution is -2.49. The van der Waals surface area contributed by atoms with Crippen LogP contribution in [0.1, 0.15) is 10.4 Å². The Morgan fingerprint density at radius 1 is 1.13 bits per heavy atom. The van der Waals surface area contributed by atoms with Crippen molar-refractivity contribution in [2.24, 2.45) is 0 Å². The van der Waals surface area contributed by atoms with Gasteiger partial charge < -0.3 is 14.5 Å². The number of carbonyl (C=O) groups excluding carboxylic acids is 1. The van der Waals surface area contributed by atoms with Crippen LogP contribution in [0.4, 0.5) is 10.1 Å². The average molecular weight is 315 g/mol. The number of aromatic nitrogens is 1. The number of benzene rings is 1. The van der Waals surface area contributed by atoms with E-state index in [4.69, 9.17) is 4.74 Å². The van der Waals surface area contributed by atoms with Crippen molar-refractivity contribution in [2.75, 3.05) is 38.2 Å². The lowest BCUT2D eigenvalue weighted by atomic mass is 10.1. The summed E-state index contributed by atoms with van der Waals surface area (Å²) in [5.41, 5.74) is 1.17. The van der Waals surface area contributed by atoms with Gasteiger partial charge in [0, 0.05) is 37.9 Å². The summed E-state index contributed by atoms with van der Waals surface area (Å²) in [5, 5.41) is 0. The van der Waals surface area contributed by atoms with Crippen LogP contribution in [0.3, 0.4) is 0 Å². The predicted molar refractivity (Wildman–Crippen MR) is 85.3 cm³/mol. The van der Waals surface area contributed by atoms with Crippen molar-refractivity contribution in [3.63, 3.8) is 0 Å². The van der Waals surface area contributed by atoms with Crippen molar-refractivity contribution in [2.45, 2.75) is 0 Å². The molecule has 0 spiro atoms. The summed E-state index contributed by atoms with van der Waals surface area (Å²) in [5.74, 6) is 0.379. The highest BCUT2D eigenvalue weighted by atomic mass is 19.1. The van der Waals surface area contributed by atoms with Crippen molar-refractivity contribution < 1.29 is 13.9 Å². The van der Waals surface area contributed by atoms with Crippen molar-refractivity contribution in [1.82, 2.24) is 9.88 Å². The lowest BCUT2D eigenvalue weighted by Gasteiger charge is -2.36. The highest BCUT2D eigenvalue weighted by Crippen LogP contribution is 2.20. The van der Waals surface area contributed by atoms with Gasteiger partial charge in [0.15, 0.2) is 5.82 Å². The quantitative estimate of drug-likeness (QED) is 0.871. The fourth-order valence-electron chi connectivity index (χ4n) is 2.69. The summed E-state index contributed by atoms with van der Waals surface area (Å²) < 4.78 is 18.9. The molecule has 120 valence electrons. The Bertz CT molecular complexity index is 682. The fraction of sp³-hybridized carbons (Fsp3) is 0.294. The van der Waals surface area contributed by atoms with Crippen LogP contribution in [0.15, 0.2) is 42.7 Å². The van der Waals surface area contributed by atoms with E-state index < -0.39 is 0 Å². The molecule has 0 saturated carbocycles. The van der Waals surface area contributed by atoms with Crippen molar-refractivity contribution in [3.8, 4) is 5.75 Å². The second-order valence-electron chi connectivity index (χ2n) is 5.33. The monoisotopic (exact) mass is 315 g/mol. The van der Waals surface area contributed by atoms with Gasteiger partial charge >= 0.3 is 0 Å². The molecule has 5 nitrogen and oxygen atoms in total. The zero-order chi connectivity index (χ0) is 16.2. The number of pyridine rings is 1. The minimum absolute atomic E-state index is 0.0116. The predicted octanol–water partition coefficient (Wildman–Crippen LogP) is 2.19. The van der Waals surface area contributed by atoms with Gasteiger partial charge in [-0.25, -0.2) is 4.39 Å². The lowest BCUT2D eigenvalue weighted by molar-refractivity contribution is 0.0746. The zero-order valence-corrected chi connectivity index (χ0v) is 12.9. The maximum absolute atomic E-state index is 13.8. The summed E-state index contributed by atoms with van der Waals surface area (Å²) in [4.78, 5) is 20.0. The molecule has 0 N–H and O–H groups in total. The SMILES string of the molecule is COc1ccc(C(=O)N2CCN(c3ccncc3F)CC2)cc1. The number of piperazine rings is 1. The van der Waals surface area contributed by atoms with Crippen LogP contribution in [0.2, 0.25) is 0 Å². The number of hydrogen-bond acceptors (Lipinski definition) is 4. The number of halogens is 1. The van der Waals surface area contributed by atoms with Crippen molar-refractivity contribution >= 4 is 11.6 Å². The van der Waals surface area contributed by atoms with E-state index in [1.807, 2.05) is 4.90 Å². The molecule has 23 heavy (non-hydrogen) atoms. The molecule has 0 atom stereocenters. The minimum atomic E-state index is -0.331. The molecule has 6 heteroatoms. The van der Waals surface area contributed by atoms with E-state index >= 15 is 0 Å². The maximum atomic E-state index is 13.8. The first-order chi connectivity index (χ1) is 11.2. The number of hydrogen-bond donors (Lipinski definition) is 0. The average Bonchev–Trinajstić information content (AvgIpc) is 2.62. The fourth-order valence-corrected chi connectivity index (χ4v) is 2.69. The molecule has 1 aliphatic heterocycles. The number of nitrogens with zero attached hydrogens (tertiary/aromatic N) is 3. The van der Waals surface area contributed by atoms with E-state index in [1.54, 1.807) is 48.5 Å². The Kier molecular flexibility index (Phi) is 4.41. The molecule has 2 heterocycles.